The number of anilines is 1. The molecule has 0 aliphatic heterocycles. The van der Waals surface area contributed by atoms with E-state index in [2.05, 4.69) is 4.98 Å². The van der Waals surface area contributed by atoms with Crippen molar-refractivity contribution in [2.24, 2.45) is 0 Å². The van der Waals surface area contributed by atoms with Gasteiger partial charge in [-0.15, -0.1) is 0 Å². The second-order valence-corrected chi connectivity index (χ2v) is 7.34. The maximum absolute atomic E-state index is 11.5. The number of carbonyl (C=O) groups is 1. The summed E-state index contributed by atoms with van der Waals surface area (Å²) in [7, 11) is 0. The quantitative estimate of drug-likeness (QED) is 0.292. The molecule has 0 radical (unpaired) electrons. The van der Waals surface area contributed by atoms with Crippen molar-refractivity contribution >= 4 is 23.3 Å². The van der Waals surface area contributed by atoms with Crippen LogP contribution in [-0.4, -0.2) is 16.1 Å². The minimum atomic E-state index is -1.04. The number of nitrogen functional groups attached to an aromatic ring is 1. The summed E-state index contributed by atoms with van der Waals surface area (Å²) in [6.07, 6.45) is 0. The molecule has 0 unspecified atom stereocenters. The number of rotatable bonds is 6. The maximum Gasteiger partial charge on any atom is 0.335 e. The van der Waals surface area contributed by atoms with Gasteiger partial charge < -0.3 is 15.6 Å². The molecule has 1 heterocycles. The van der Waals surface area contributed by atoms with E-state index in [0.29, 0.717) is 34.5 Å². The molecular weight excluding hydrogens is 412 g/mol. The van der Waals surface area contributed by atoms with Gasteiger partial charge in [-0.05, 0) is 47.0 Å². The monoisotopic (exact) mass is 430 g/mol. The summed E-state index contributed by atoms with van der Waals surface area (Å²) in [5.74, 6) is -0.471. The van der Waals surface area contributed by atoms with Gasteiger partial charge in [0.15, 0.2) is 0 Å². The van der Waals surface area contributed by atoms with Crippen LogP contribution in [0.2, 0.25) is 5.15 Å². The summed E-state index contributed by atoms with van der Waals surface area (Å²) in [6.45, 7) is 0.376. The average Bonchev–Trinajstić information content (AvgIpc) is 2.78. The van der Waals surface area contributed by atoms with Gasteiger partial charge in [0.1, 0.15) is 23.2 Å². The largest absolute Gasteiger partial charge is 0.487 e. The fourth-order valence-corrected chi connectivity index (χ4v) is 3.49. The molecule has 1 aromatic heterocycles. The van der Waals surface area contributed by atoms with E-state index in [0.717, 1.165) is 16.7 Å². The maximum atomic E-state index is 11.5. The van der Waals surface area contributed by atoms with Crippen molar-refractivity contribution in [2.45, 2.75) is 6.61 Å². The fraction of sp³-hybridized carbons (Fsp3) is 0.0400. The van der Waals surface area contributed by atoms with Crippen molar-refractivity contribution in [3.8, 4) is 28.1 Å². The number of nitrogens with zero attached hydrogens (tertiary/aromatic N) is 1. The van der Waals surface area contributed by atoms with Gasteiger partial charge in [-0.3, -0.25) is 0 Å². The SMILES string of the molecule is Nc1cc(C(=O)O)cc(-c2ccccc2-c2nc(Cl)ccc2OCc2ccccc2)c1. The van der Waals surface area contributed by atoms with Crippen molar-refractivity contribution in [1.82, 2.24) is 4.98 Å². The third-order valence-corrected chi connectivity index (χ3v) is 4.97. The number of ether oxygens (including phenoxy) is 1. The minimum absolute atomic E-state index is 0.115. The van der Waals surface area contributed by atoms with Gasteiger partial charge in [-0.25, -0.2) is 9.78 Å². The number of hydrogen-bond acceptors (Lipinski definition) is 4. The van der Waals surface area contributed by atoms with Crippen LogP contribution in [0.5, 0.6) is 5.75 Å². The zero-order valence-corrected chi connectivity index (χ0v) is 17.2. The molecule has 31 heavy (non-hydrogen) atoms. The number of aromatic carboxylic acids is 1. The highest BCUT2D eigenvalue weighted by Gasteiger charge is 2.16. The third-order valence-electron chi connectivity index (χ3n) is 4.76. The van der Waals surface area contributed by atoms with Crippen molar-refractivity contribution in [1.29, 1.82) is 0 Å². The van der Waals surface area contributed by atoms with Gasteiger partial charge in [0.25, 0.3) is 0 Å². The highest BCUT2D eigenvalue weighted by molar-refractivity contribution is 6.29. The summed E-state index contributed by atoms with van der Waals surface area (Å²) in [5, 5.41) is 9.75. The molecular formula is C25H19ClN2O3. The number of nitrogens with two attached hydrogens (primary N) is 1. The van der Waals surface area contributed by atoms with E-state index in [-0.39, 0.29) is 5.56 Å². The van der Waals surface area contributed by atoms with Crippen LogP contribution in [0.4, 0.5) is 5.69 Å². The minimum Gasteiger partial charge on any atom is -0.487 e. The molecule has 0 aliphatic rings. The van der Waals surface area contributed by atoms with Gasteiger partial charge in [0.05, 0.1) is 5.56 Å². The Bertz CT molecular complexity index is 1240. The lowest BCUT2D eigenvalue weighted by Gasteiger charge is -2.15. The number of benzene rings is 3. The van der Waals surface area contributed by atoms with Gasteiger partial charge in [0.2, 0.25) is 0 Å². The smallest absolute Gasteiger partial charge is 0.335 e. The molecule has 3 aromatic carbocycles. The molecule has 0 saturated carbocycles. The van der Waals surface area contributed by atoms with Gasteiger partial charge in [-0.2, -0.15) is 0 Å². The normalized spacial score (nSPS) is 10.6. The Hall–Kier alpha value is -3.83. The van der Waals surface area contributed by atoms with E-state index in [1.807, 2.05) is 54.6 Å². The van der Waals surface area contributed by atoms with Gasteiger partial charge in [-0.1, -0.05) is 66.2 Å². The summed E-state index contributed by atoms with van der Waals surface area (Å²) in [6, 6.07) is 25.6. The van der Waals surface area contributed by atoms with Crippen LogP contribution in [0.25, 0.3) is 22.4 Å². The number of halogens is 1. The zero-order chi connectivity index (χ0) is 21.8. The predicted molar refractivity (Wildman–Crippen MR) is 122 cm³/mol. The second-order valence-electron chi connectivity index (χ2n) is 6.95. The number of hydrogen-bond donors (Lipinski definition) is 2. The highest BCUT2D eigenvalue weighted by Crippen LogP contribution is 2.38. The molecule has 154 valence electrons. The van der Waals surface area contributed by atoms with Crippen molar-refractivity contribution in [3.63, 3.8) is 0 Å². The highest BCUT2D eigenvalue weighted by atomic mass is 35.5. The summed E-state index contributed by atoms with van der Waals surface area (Å²) in [4.78, 5) is 16.0. The molecule has 0 spiro atoms. The molecule has 0 atom stereocenters. The topological polar surface area (TPSA) is 85.4 Å². The second kappa shape index (κ2) is 8.90. The number of pyridine rings is 1. The fourth-order valence-electron chi connectivity index (χ4n) is 3.34. The van der Waals surface area contributed by atoms with E-state index in [4.69, 9.17) is 22.1 Å². The Morgan fingerprint density at radius 2 is 1.65 bits per heavy atom. The number of carboxylic acids is 1. The molecule has 0 aliphatic carbocycles. The first kappa shape index (κ1) is 20.4. The van der Waals surface area contributed by atoms with Crippen molar-refractivity contribution in [3.05, 3.63) is 101 Å². The first-order valence-corrected chi connectivity index (χ1v) is 9.96. The third kappa shape index (κ3) is 4.68. The van der Waals surface area contributed by atoms with Crippen LogP contribution < -0.4 is 10.5 Å². The lowest BCUT2D eigenvalue weighted by atomic mass is 9.95. The first-order chi connectivity index (χ1) is 15.0. The van der Waals surface area contributed by atoms with E-state index in [1.165, 1.54) is 6.07 Å². The summed E-state index contributed by atoms with van der Waals surface area (Å²) >= 11 is 6.21. The number of aromatic nitrogens is 1. The molecule has 3 N–H and O–H groups in total. The number of carboxylic acid groups (broad SMARTS) is 1. The van der Waals surface area contributed by atoms with Gasteiger partial charge >= 0.3 is 5.97 Å². The molecule has 0 fully saturated rings. The Morgan fingerprint density at radius 3 is 2.39 bits per heavy atom. The van der Waals surface area contributed by atoms with E-state index in [9.17, 15) is 9.90 Å². The van der Waals surface area contributed by atoms with Crippen molar-refractivity contribution < 1.29 is 14.6 Å². The molecule has 5 nitrogen and oxygen atoms in total. The Balaban J connectivity index is 1.79. The standard InChI is InChI=1S/C25H19ClN2O3/c26-23-11-10-22(31-15-16-6-2-1-3-7-16)24(28-23)21-9-5-4-8-20(21)17-12-18(25(29)30)14-19(27)13-17/h1-14H,15,27H2,(H,29,30). The van der Waals surface area contributed by atoms with E-state index >= 15 is 0 Å². The zero-order valence-electron chi connectivity index (χ0n) is 16.5. The Labute approximate surface area is 184 Å². The molecule has 4 aromatic rings. The van der Waals surface area contributed by atoms with Gasteiger partial charge in [0, 0.05) is 11.3 Å². The predicted octanol–water partition coefficient (Wildman–Crippen LogP) is 5.93. The first-order valence-electron chi connectivity index (χ1n) is 9.58. The Kier molecular flexibility index (Phi) is 5.87. The molecule has 6 heteroatoms. The average molecular weight is 431 g/mol. The van der Waals surface area contributed by atoms with Crippen LogP contribution in [0.3, 0.4) is 0 Å². The van der Waals surface area contributed by atoms with Crippen LogP contribution in [0.1, 0.15) is 15.9 Å². The van der Waals surface area contributed by atoms with E-state index in [1.54, 1.807) is 24.3 Å². The lowest BCUT2D eigenvalue weighted by molar-refractivity contribution is 0.0697. The lowest BCUT2D eigenvalue weighted by Crippen LogP contribution is -2.01. The summed E-state index contributed by atoms with van der Waals surface area (Å²) in [5.41, 5.74) is 10.2. The molecule has 4 rings (SSSR count). The summed E-state index contributed by atoms with van der Waals surface area (Å²) < 4.78 is 6.07. The van der Waals surface area contributed by atoms with E-state index < -0.39 is 5.97 Å². The molecule has 0 saturated heterocycles. The van der Waals surface area contributed by atoms with Crippen LogP contribution in [-0.2, 0) is 6.61 Å². The van der Waals surface area contributed by atoms with Crippen molar-refractivity contribution in [2.75, 3.05) is 5.73 Å². The molecule has 0 bridgehead atoms. The molecule has 0 amide bonds. The van der Waals surface area contributed by atoms with Crippen LogP contribution >= 0.6 is 11.6 Å². The van der Waals surface area contributed by atoms with Crippen LogP contribution in [0.15, 0.2) is 84.9 Å². The Morgan fingerprint density at radius 1 is 0.935 bits per heavy atom. The van der Waals surface area contributed by atoms with Crippen LogP contribution in [0, 0.1) is 0 Å².